The number of rotatable bonds is 10. The van der Waals surface area contributed by atoms with Crippen molar-refractivity contribution in [3.63, 3.8) is 0 Å². The summed E-state index contributed by atoms with van der Waals surface area (Å²) in [4.78, 5) is 12.8. The molecule has 0 saturated carbocycles. The third-order valence-electron chi connectivity index (χ3n) is 7.63. The van der Waals surface area contributed by atoms with Crippen molar-refractivity contribution in [3.05, 3.63) is 70.2 Å². The van der Waals surface area contributed by atoms with E-state index >= 15 is 0 Å². The van der Waals surface area contributed by atoms with Crippen LogP contribution in [-0.4, -0.2) is 23.7 Å². The van der Waals surface area contributed by atoms with Crippen LogP contribution in [0.25, 0.3) is 10.8 Å². The second-order valence-corrected chi connectivity index (χ2v) is 11.4. The lowest BCUT2D eigenvalue weighted by molar-refractivity contribution is 0.0945. The van der Waals surface area contributed by atoms with Gasteiger partial charge in [0.05, 0.1) is 11.7 Å². The fourth-order valence-corrected chi connectivity index (χ4v) is 4.50. The van der Waals surface area contributed by atoms with E-state index in [4.69, 9.17) is 16.3 Å². The highest BCUT2D eigenvalue weighted by atomic mass is 35.5. The van der Waals surface area contributed by atoms with Crippen molar-refractivity contribution in [2.24, 2.45) is 0 Å². The van der Waals surface area contributed by atoms with Gasteiger partial charge in [-0.2, -0.15) is 0 Å². The molecule has 0 radical (unpaired) electrons. The van der Waals surface area contributed by atoms with Crippen LogP contribution in [0.2, 0.25) is 5.02 Å². The largest absolute Gasteiger partial charge is 0.506 e. The summed E-state index contributed by atoms with van der Waals surface area (Å²) in [5.74, 6) is 0.486. The Labute approximate surface area is 221 Å². The van der Waals surface area contributed by atoms with Crippen molar-refractivity contribution in [2.75, 3.05) is 6.54 Å². The number of ether oxygens (including phenoxy) is 1. The van der Waals surface area contributed by atoms with Crippen LogP contribution >= 0.6 is 11.6 Å². The zero-order valence-electron chi connectivity index (χ0n) is 22.7. The van der Waals surface area contributed by atoms with Gasteiger partial charge in [-0.15, -0.1) is 0 Å². The molecule has 0 aliphatic carbocycles. The van der Waals surface area contributed by atoms with Gasteiger partial charge in [0.25, 0.3) is 5.91 Å². The molecule has 0 bridgehead atoms. The molecule has 1 atom stereocenters. The lowest BCUT2D eigenvalue weighted by atomic mass is 9.76. The second-order valence-electron chi connectivity index (χ2n) is 11.0. The molecule has 36 heavy (non-hydrogen) atoms. The first kappa shape index (κ1) is 27.9. The fourth-order valence-electron chi connectivity index (χ4n) is 4.23. The topological polar surface area (TPSA) is 58.6 Å². The Hall–Kier alpha value is -2.72. The standard InChI is InChI=1S/C31H40ClNO3/c1-8-30(4,5)21-14-15-27(25(18-21)31(6,7)9-2)36-20(3)16-17-33-29(35)24-19-26(32)22-12-10-11-13-23(22)28(24)34/h10-15,18-20,34H,8-9,16-17H2,1-7H3,(H,33,35). The number of hydrogen-bond acceptors (Lipinski definition) is 3. The van der Waals surface area contributed by atoms with Crippen LogP contribution in [-0.2, 0) is 10.8 Å². The van der Waals surface area contributed by atoms with Crippen LogP contribution in [0.3, 0.4) is 0 Å². The maximum Gasteiger partial charge on any atom is 0.255 e. The monoisotopic (exact) mass is 509 g/mol. The maximum atomic E-state index is 12.8. The lowest BCUT2D eigenvalue weighted by Crippen LogP contribution is -2.28. The summed E-state index contributed by atoms with van der Waals surface area (Å²) >= 11 is 6.35. The van der Waals surface area contributed by atoms with E-state index in [1.807, 2.05) is 25.1 Å². The summed E-state index contributed by atoms with van der Waals surface area (Å²) in [7, 11) is 0. The summed E-state index contributed by atoms with van der Waals surface area (Å²) < 4.78 is 6.40. The van der Waals surface area contributed by atoms with Crippen LogP contribution in [0.4, 0.5) is 0 Å². The van der Waals surface area contributed by atoms with Gasteiger partial charge in [0.2, 0.25) is 0 Å². The summed E-state index contributed by atoms with van der Waals surface area (Å²) in [6.45, 7) is 15.9. The van der Waals surface area contributed by atoms with E-state index in [0.717, 1.165) is 24.0 Å². The summed E-state index contributed by atoms with van der Waals surface area (Å²) in [5.41, 5.74) is 2.80. The van der Waals surface area contributed by atoms with E-state index in [-0.39, 0.29) is 34.2 Å². The zero-order valence-corrected chi connectivity index (χ0v) is 23.4. The number of phenolic OH excluding ortho intramolecular Hbond substituents is 1. The van der Waals surface area contributed by atoms with E-state index in [0.29, 0.717) is 23.4 Å². The van der Waals surface area contributed by atoms with Crippen molar-refractivity contribution in [1.82, 2.24) is 5.32 Å². The quantitative estimate of drug-likeness (QED) is 0.290. The average Bonchev–Trinajstić information content (AvgIpc) is 2.86. The van der Waals surface area contributed by atoms with Gasteiger partial charge in [0.15, 0.2) is 0 Å². The van der Waals surface area contributed by atoms with Crippen molar-refractivity contribution in [3.8, 4) is 11.5 Å². The van der Waals surface area contributed by atoms with E-state index in [1.165, 1.54) is 17.2 Å². The predicted octanol–water partition coefficient (Wildman–Crippen LogP) is 8.16. The number of benzene rings is 3. The van der Waals surface area contributed by atoms with Crippen LogP contribution in [0.5, 0.6) is 11.5 Å². The molecule has 1 unspecified atom stereocenters. The Kier molecular flexibility index (Phi) is 8.61. The van der Waals surface area contributed by atoms with E-state index in [1.54, 1.807) is 6.07 Å². The molecule has 3 aromatic rings. The highest BCUT2D eigenvalue weighted by molar-refractivity contribution is 6.36. The van der Waals surface area contributed by atoms with Gasteiger partial charge in [-0.1, -0.05) is 89.5 Å². The Bertz CT molecular complexity index is 1230. The molecule has 0 heterocycles. The number of carbonyl (C=O) groups is 1. The van der Waals surface area contributed by atoms with E-state index in [2.05, 4.69) is 65.1 Å². The fraction of sp³-hybridized carbons (Fsp3) is 0.452. The molecule has 3 rings (SSSR count). The number of nitrogens with one attached hydrogen (secondary N) is 1. The van der Waals surface area contributed by atoms with Crippen molar-refractivity contribution in [2.45, 2.75) is 84.7 Å². The molecule has 0 aliphatic rings. The molecule has 194 valence electrons. The molecule has 4 nitrogen and oxygen atoms in total. The smallest absolute Gasteiger partial charge is 0.255 e. The van der Waals surface area contributed by atoms with E-state index < -0.39 is 0 Å². The number of carbonyl (C=O) groups excluding carboxylic acids is 1. The molecule has 2 N–H and O–H groups in total. The number of fused-ring (bicyclic) bond motifs is 1. The highest BCUT2D eigenvalue weighted by Crippen LogP contribution is 2.39. The summed E-state index contributed by atoms with van der Waals surface area (Å²) in [6.07, 6.45) is 2.59. The molecular weight excluding hydrogens is 470 g/mol. The predicted molar refractivity (Wildman–Crippen MR) is 151 cm³/mol. The Morgan fingerprint density at radius 3 is 2.28 bits per heavy atom. The van der Waals surface area contributed by atoms with Crippen LogP contribution in [0.15, 0.2) is 48.5 Å². The van der Waals surface area contributed by atoms with Gasteiger partial charge in [-0.05, 0) is 48.3 Å². The van der Waals surface area contributed by atoms with Gasteiger partial charge in [0, 0.05) is 34.3 Å². The highest BCUT2D eigenvalue weighted by Gasteiger charge is 2.27. The Morgan fingerprint density at radius 1 is 1.00 bits per heavy atom. The van der Waals surface area contributed by atoms with Crippen LogP contribution in [0.1, 0.15) is 89.2 Å². The van der Waals surface area contributed by atoms with Crippen molar-refractivity contribution in [1.29, 1.82) is 0 Å². The molecule has 0 aromatic heterocycles. The first-order chi connectivity index (χ1) is 16.9. The molecular formula is C31H40ClNO3. The number of amides is 1. The van der Waals surface area contributed by atoms with Gasteiger partial charge in [0.1, 0.15) is 11.5 Å². The Balaban J connectivity index is 1.70. The molecule has 0 fully saturated rings. The molecule has 0 saturated heterocycles. The second kappa shape index (κ2) is 11.1. The normalized spacial score (nSPS) is 13.0. The molecule has 5 heteroatoms. The molecule has 3 aromatic carbocycles. The third kappa shape index (κ3) is 5.98. The maximum absolute atomic E-state index is 12.8. The Morgan fingerprint density at radius 2 is 1.64 bits per heavy atom. The van der Waals surface area contributed by atoms with Gasteiger partial charge in [-0.3, -0.25) is 4.79 Å². The van der Waals surface area contributed by atoms with Crippen LogP contribution in [0, 0.1) is 0 Å². The summed E-state index contributed by atoms with van der Waals surface area (Å²) in [6, 6.07) is 15.3. The number of aromatic hydroxyl groups is 1. The number of hydrogen-bond donors (Lipinski definition) is 2. The zero-order chi connectivity index (χ0) is 26.7. The molecule has 0 spiro atoms. The number of halogens is 1. The van der Waals surface area contributed by atoms with Crippen molar-refractivity contribution >= 4 is 28.3 Å². The number of phenols is 1. The van der Waals surface area contributed by atoms with E-state index in [9.17, 15) is 9.90 Å². The SMILES string of the molecule is CCC(C)(C)c1ccc(OC(C)CCNC(=O)c2cc(Cl)c3ccccc3c2O)c(C(C)(C)CC)c1. The minimum atomic E-state index is -0.355. The lowest BCUT2D eigenvalue weighted by Gasteiger charge is -2.31. The first-order valence-corrected chi connectivity index (χ1v) is 13.3. The van der Waals surface area contributed by atoms with Crippen LogP contribution < -0.4 is 10.1 Å². The minimum absolute atomic E-state index is 0.0179. The summed E-state index contributed by atoms with van der Waals surface area (Å²) in [5, 5.41) is 15.3. The minimum Gasteiger partial charge on any atom is -0.506 e. The van der Waals surface area contributed by atoms with Gasteiger partial charge < -0.3 is 15.2 Å². The average molecular weight is 510 g/mol. The van der Waals surface area contributed by atoms with Crippen molar-refractivity contribution < 1.29 is 14.6 Å². The van der Waals surface area contributed by atoms with Gasteiger partial charge >= 0.3 is 0 Å². The third-order valence-corrected chi connectivity index (χ3v) is 7.95. The molecule has 1 amide bonds. The molecule has 0 aliphatic heterocycles. The van der Waals surface area contributed by atoms with Gasteiger partial charge in [-0.25, -0.2) is 0 Å². The first-order valence-electron chi connectivity index (χ1n) is 12.9.